The zero-order valence-electron chi connectivity index (χ0n) is 6.88. The lowest BCUT2D eigenvalue weighted by Gasteiger charge is -2.06. The molecule has 2 nitrogen and oxygen atoms in total. The van der Waals surface area contributed by atoms with Crippen LogP contribution in [-0.2, 0) is 0 Å². The van der Waals surface area contributed by atoms with Crippen molar-refractivity contribution in [2.75, 3.05) is 0 Å². The standard InChI is InChI=1S/C9H10BrNO/c1-6-4-11-5-8(9(6)10)12-7-2-3-7/h4-5,7H,2-3H2,1H3. The summed E-state index contributed by atoms with van der Waals surface area (Å²) >= 11 is 3.47. The molecule has 0 amide bonds. The molecule has 12 heavy (non-hydrogen) atoms. The fraction of sp³-hybridized carbons (Fsp3) is 0.444. The molecule has 0 atom stereocenters. The minimum absolute atomic E-state index is 0.435. The highest BCUT2D eigenvalue weighted by molar-refractivity contribution is 9.10. The Hall–Kier alpha value is -0.570. The average molecular weight is 228 g/mol. The Labute approximate surface area is 80.1 Å². The molecule has 2 rings (SSSR count). The molecule has 0 spiro atoms. The number of aryl methyl sites for hydroxylation is 1. The van der Waals surface area contributed by atoms with E-state index in [1.807, 2.05) is 13.1 Å². The van der Waals surface area contributed by atoms with Crippen molar-refractivity contribution in [2.24, 2.45) is 0 Å². The Morgan fingerprint density at radius 2 is 2.25 bits per heavy atom. The van der Waals surface area contributed by atoms with E-state index in [0.29, 0.717) is 6.10 Å². The zero-order chi connectivity index (χ0) is 8.55. The van der Waals surface area contributed by atoms with Crippen molar-refractivity contribution in [3.8, 4) is 5.75 Å². The van der Waals surface area contributed by atoms with E-state index in [1.54, 1.807) is 6.20 Å². The van der Waals surface area contributed by atoms with E-state index >= 15 is 0 Å². The molecule has 0 radical (unpaired) electrons. The minimum atomic E-state index is 0.435. The molecular formula is C9H10BrNO. The van der Waals surface area contributed by atoms with Crippen LogP contribution in [0.15, 0.2) is 16.9 Å². The van der Waals surface area contributed by atoms with Crippen LogP contribution in [0, 0.1) is 6.92 Å². The molecule has 1 aliphatic carbocycles. The summed E-state index contributed by atoms with van der Waals surface area (Å²) in [5.41, 5.74) is 1.12. The normalized spacial score (nSPS) is 16.2. The Bertz CT molecular complexity index is 297. The Morgan fingerprint density at radius 1 is 1.50 bits per heavy atom. The summed E-state index contributed by atoms with van der Waals surface area (Å²) in [4.78, 5) is 4.07. The molecule has 0 aliphatic heterocycles. The van der Waals surface area contributed by atoms with E-state index in [2.05, 4.69) is 20.9 Å². The molecule has 1 fully saturated rings. The number of pyridine rings is 1. The zero-order valence-corrected chi connectivity index (χ0v) is 8.47. The fourth-order valence-electron chi connectivity index (χ4n) is 0.972. The first-order valence-electron chi connectivity index (χ1n) is 4.04. The van der Waals surface area contributed by atoms with Gasteiger partial charge in [0.2, 0.25) is 0 Å². The van der Waals surface area contributed by atoms with Gasteiger partial charge in [-0.15, -0.1) is 0 Å². The molecule has 1 heterocycles. The van der Waals surface area contributed by atoms with Crippen LogP contribution in [0.5, 0.6) is 5.75 Å². The van der Waals surface area contributed by atoms with Crippen LogP contribution in [0.2, 0.25) is 0 Å². The first-order valence-corrected chi connectivity index (χ1v) is 4.83. The van der Waals surface area contributed by atoms with Gasteiger partial charge >= 0.3 is 0 Å². The van der Waals surface area contributed by atoms with Gasteiger partial charge in [-0.2, -0.15) is 0 Å². The second-order valence-electron chi connectivity index (χ2n) is 3.09. The number of ether oxygens (including phenoxy) is 1. The molecule has 1 aromatic heterocycles. The summed E-state index contributed by atoms with van der Waals surface area (Å²) in [5, 5.41) is 0. The molecule has 1 aliphatic rings. The van der Waals surface area contributed by atoms with Gasteiger partial charge in [-0.05, 0) is 41.3 Å². The molecule has 0 unspecified atom stereocenters. The SMILES string of the molecule is Cc1cncc(OC2CC2)c1Br. The summed E-state index contributed by atoms with van der Waals surface area (Å²) in [7, 11) is 0. The Kier molecular flexibility index (Phi) is 2.05. The summed E-state index contributed by atoms with van der Waals surface area (Å²) in [6, 6.07) is 0. The smallest absolute Gasteiger partial charge is 0.152 e. The third-order valence-electron chi connectivity index (χ3n) is 1.84. The van der Waals surface area contributed by atoms with Crippen LogP contribution >= 0.6 is 15.9 Å². The second-order valence-corrected chi connectivity index (χ2v) is 3.88. The lowest BCUT2D eigenvalue weighted by Crippen LogP contribution is -1.97. The first-order chi connectivity index (χ1) is 5.77. The van der Waals surface area contributed by atoms with Gasteiger partial charge in [-0.1, -0.05) is 0 Å². The molecule has 1 aromatic rings. The maximum absolute atomic E-state index is 5.63. The predicted molar refractivity (Wildman–Crippen MR) is 50.3 cm³/mol. The highest BCUT2D eigenvalue weighted by Crippen LogP contribution is 2.32. The Balaban J connectivity index is 2.23. The average Bonchev–Trinajstić information content (AvgIpc) is 2.83. The van der Waals surface area contributed by atoms with Gasteiger partial charge in [0.25, 0.3) is 0 Å². The van der Waals surface area contributed by atoms with Gasteiger partial charge in [0.1, 0.15) is 0 Å². The van der Waals surface area contributed by atoms with Gasteiger partial charge in [0.05, 0.1) is 16.8 Å². The molecular weight excluding hydrogens is 218 g/mol. The molecule has 0 bridgehead atoms. The minimum Gasteiger partial charge on any atom is -0.488 e. The molecule has 0 saturated heterocycles. The van der Waals surface area contributed by atoms with Crippen LogP contribution < -0.4 is 4.74 Å². The van der Waals surface area contributed by atoms with Crippen molar-refractivity contribution in [1.29, 1.82) is 0 Å². The van der Waals surface area contributed by atoms with Crippen molar-refractivity contribution < 1.29 is 4.74 Å². The van der Waals surface area contributed by atoms with Crippen LogP contribution in [0.1, 0.15) is 18.4 Å². The van der Waals surface area contributed by atoms with Crippen molar-refractivity contribution in [3.05, 3.63) is 22.4 Å². The second kappa shape index (κ2) is 3.05. The molecule has 0 aromatic carbocycles. The van der Waals surface area contributed by atoms with Crippen molar-refractivity contribution in [2.45, 2.75) is 25.9 Å². The number of rotatable bonds is 2. The highest BCUT2D eigenvalue weighted by Gasteiger charge is 2.24. The maximum Gasteiger partial charge on any atom is 0.152 e. The quantitative estimate of drug-likeness (QED) is 0.776. The van der Waals surface area contributed by atoms with Gasteiger partial charge in [0, 0.05) is 6.20 Å². The fourth-order valence-corrected chi connectivity index (χ4v) is 1.27. The van der Waals surface area contributed by atoms with Gasteiger partial charge < -0.3 is 4.74 Å². The van der Waals surface area contributed by atoms with Crippen LogP contribution in [0.25, 0.3) is 0 Å². The van der Waals surface area contributed by atoms with Crippen molar-refractivity contribution in [1.82, 2.24) is 4.98 Å². The lowest BCUT2D eigenvalue weighted by molar-refractivity contribution is 0.300. The molecule has 64 valence electrons. The number of hydrogen-bond donors (Lipinski definition) is 0. The number of nitrogens with zero attached hydrogens (tertiary/aromatic N) is 1. The first kappa shape index (κ1) is 8.05. The van der Waals surface area contributed by atoms with E-state index in [-0.39, 0.29) is 0 Å². The van der Waals surface area contributed by atoms with Crippen LogP contribution in [0.4, 0.5) is 0 Å². The van der Waals surface area contributed by atoms with E-state index in [4.69, 9.17) is 4.74 Å². The maximum atomic E-state index is 5.63. The monoisotopic (exact) mass is 227 g/mol. The third-order valence-corrected chi connectivity index (χ3v) is 2.86. The molecule has 3 heteroatoms. The third kappa shape index (κ3) is 1.61. The number of aromatic nitrogens is 1. The summed E-state index contributed by atoms with van der Waals surface area (Å²) in [6.07, 6.45) is 6.38. The van der Waals surface area contributed by atoms with E-state index in [1.165, 1.54) is 12.8 Å². The summed E-state index contributed by atoms with van der Waals surface area (Å²) in [5.74, 6) is 0.873. The predicted octanol–water partition coefficient (Wildman–Crippen LogP) is 2.69. The summed E-state index contributed by atoms with van der Waals surface area (Å²) < 4.78 is 6.66. The van der Waals surface area contributed by atoms with E-state index < -0.39 is 0 Å². The van der Waals surface area contributed by atoms with E-state index in [9.17, 15) is 0 Å². The lowest BCUT2D eigenvalue weighted by atomic mass is 10.3. The number of halogens is 1. The van der Waals surface area contributed by atoms with Crippen LogP contribution in [0.3, 0.4) is 0 Å². The van der Waals surface area contributed by atoms with Crippen molar-refractivity contribution >= 4 is 15.9 Å². The van der Waals surface area contributed by atoms with Crippen LogP contribution in [-0.4, -0.2) is 11.1 Å². The van der Waals surface area contributed by atoms with E-state index in [0.717, 1.165) is 15.8 Å². The number of hydrogen-bond acceptors (Lipinski definition) is 2. The Morgan fingerprint density at radius 3 is 2.92 bits per heavy atom. The molecule has 1 saturated carbocycles. The molecule has 0 N–H and O–H groups in total. The highest BCUT2D eigenvalue weighted by atomic mass is 79.9. The van der Waals surface area contributed by atoms with Gasteiger partial charge in [-0.25, -0.2) is 0 Å². The topological polar surface area (TPSA) is 22.1 Å². The van der Waals surface area contributed by atoms with Crippen molar-refractivity contribution in [3.63, 3.8) is 0 Å². The largest absolute Gasteiger partial charge is 0.488 e. The summed E-state index contributed by atoms with van der Waals surface area (Å²) in [6.45, 7) is 2.01. The van der Waals surface area contributed by atoms with Gasteiger partial charge in [-0.3, -0.25) is 4.98 Å². The van der Waals surface area contributed by atoms with Gasteiger partial charge in [0.15, 0.2) is 5.75 Å².